The molecule has 2 aliphatic rings. The molecule has 3 rings (SSSR count). The van der Waals surface area contributed by atoms with Crippen molar-refractivity contribution in [2.24, 2.45) is 5.41 Å². The van der Waals surface area contributed by atoms with Gasteiger partial charge in [-0.1, -0.05) is 11.6 Å². The van der Waals surface area contributed by atoms with E-state index in [9.17, 15) is 18.3 Å². The number of halogens is 1. The largest absolute Gasteiger partial charge is 0.490 e. The van der Waals surface area contributed by atoms with Crippen LogP contribution in [-0.2, 0) is 19.6 Å². The first-order chi connectivity index (χ1) is 12.8. The van der Waals surface area contributed by atoms with Crippen molar-refractivity contribution in [2.75, 3.05) is 32.1 Å². The summed E-state index contributed by atoms with van der Waals surface area (Å²) >= 11 is 5.86. The van der Waals surface area contributed by atoms with Crippen LogP contribution in [0.15, 0.2) is 24.3 Å². The first kappa shape index (κ1) is 20.4. The predicted octanol–water partition coefficient (Wildman–Crippen LogP) is 2.39. The summed E-state index contributed by atoms with van der Waals surface area (Å²) in [7, 11) is -3.66. The molecule has 1 aromatic rings. The number of aliphatic carboxylic acids is 1. The van der Waals surface area contributed by atoms with Crippen LogP contribution < -0.4 is 4.74 Å². The molecule has 7 nitrogen and oxygen atoms in total. The number of hydrogen-bond donors (Lipinski definition) is 1. The Morgan fingerprint density at radius 3 is 2.37 bits per heavy atom. The Labute approximate surface area is 164 Å². The van der Waals surface area contributed by atoms with E-state index >= 15 is 0 Å². The van der Waals surface area contributed by atoms with E-state index in [1.807, 2.05) is 0 Å². The van der Waals surface area contributed by atoms with Gasteiger partial charge >= 0.3 is 5.97 Å². The molecule has 27 heavy (non-hydrogen) atoms. The van der Waals surface area contributed by atoms with E-state index in [1.54, 1.807) is 24.3 Å². The highest BCUT2D eigenvalue weighted by atomic mass is 35.5. The third-order valence-corrected chi connectivity index (χ3v) is 7.59. The minimum atomic E-state index is -3.66. The highest BCUT2D eigenvalue weighted by Gasteiger charge is 2.45. The van der Waals surface area contributed by atoms with Crippen LogP contribution in [-0.4, -0.2) is 62.0 Å². The first-order valence-corrected chi connectivity index (χ1v) is 11.0. The molecule has 0 aliphatic carbocycles. The van der Waals surface area contributed by atoms with Crippen molar-refractivity contribution in [2.45, 2.75) is 31.8 Å². The summed E-state index contributed by atoms with van der Waals surface area (Å²) in [5, 5.41) is 10.2. The average Bonchev–Trinajstić information content (AvgIpc) is 2.64. The van der Waals surface area contributed by atoms with Crippen molar-refractivity contribution in [1.29, 1.82) is 0 Å². The molecule has 2 fully saturated rings. The molecule has 0 spiro atoms. The van der Waals surface area contributed by atoms with Gasteiger partial charge in [-0.2, -0.15) is 0 Å². The van der Waals surface area contributed by atoms with Crippen molar-refractivity contribution in [3.63, 3.8) is 0 Å². The Morgan fingerprint density at radius 1 is 1.22 bits per heavy atom. The molecule has 0 unspecified atom stereocenters. The van der Waals surface area contributed by atoms with Crippen LogP contribution in [0, 0.1) is 5.41 Å². The molecule has 2 aliphatic heterocycles. The van der Waals surface area contributed by atoms with Crippen LogP contribution in [0.1, 0.15) is 25.7 Å². The second kappa shape index (κ2) is 8.34. The smallest absolute Gasteiger partial charge is 0.310 e. The molecule has 1 N–H and O–H groups in total. The fraction of sp³-hybridized carbons (Fsp3) is 0.611. The second-order valence-corrected chi connectivity index (χ2v) is 9.53. The molecule has 9 heteroatoms. The number of piperidine rings is 1. The van der Waals surface area contributed by atoms with Gasteiger partial charge in [-0.25, -0.2) is 12.7 Å². The average molecular weight is 418 g/mol. The van der Waals surface area contributed by atoms with E-state index < -0.39 is 21.4 Å². The van der Waals surface area contributed by atoms with Crippen LogP contribution >= 0.6 is 11.6 Å². The van der Waals surface area contributed by atoms with Crippen LogP contribution in [0.2, 0.25) is 5.02 Å². The summed E-state index contributed by atoms with van der Waals surface area (Å²) < 4.78 is 38.2. The Kier molecular flexibility index (Phi) is 6.30. The van der Waals surface area contributed by atoms with Crippen LogP contribution in [0.4, 0.5) is 0 Å². The Balaban J connectivity index is 1.59. The summed E-state index contributed by atoms with van der Waals surface area (Å²) in [5.41, 5.74) is -1.26. The number of nitrogens with zero attached hydrogens (tertiary/aromatic N) is 1. The third-order valence-electron chi connectivity index (χ3n) is 5.27. The van der Waals surface area contributed by atoms with Crippen LogP contribution in [0.5, 0.6) is 5.75 Å². The zero-order valence-corrected chi connectivity index (χ0v) is 16.5. The summed E-state index contributed by atoms with van der Waals surface area (Å²) in [5.74, 6) is -0.732. The van der Waals surface area contributed by atoms with Crippen molar-refractivity contribution in [3.8, 4) is 5.75 Å². The molecule has 0 radical (unpaired) electrons. The van der Waals surface area contributed by atoms with Crippen molar-refractivity contribution < 1.29 is 27.8 Å². The number of ether oxygens (including phenoxy) is 2. The molecule has 2 saturated heterocycles. The van der Waals surface area contributed by atoms with Crippen molar-refractivity contribution in [1.82, 2.24) is 4.31 Å². The topological polar surface area (TPSA) is 93.1 Å². The molecular weight excluding hydrogens is 394 g/mol. The maximum Gasteiger partial charge on any atom is 0.310 e. The minimum absolute atomic E-state index is 0.0749. The summed E-state index contributed by atoms with van der Waals surface area (Å²) in [6.45, 7) is 1.21. The van der Waals surface area contributed by atoms with Gasteiger partial charge in [0.25, 0.3) is 0 Å². The van der Waals surface area contributed by atoms with E-state index in [2.05, 4.69) is 0 Å². The first-order valence-electron chi connectivity index (χ1n) is 9.02. The van der Waals surface area contributed by atoms with Gasteiger partial charge in [0.2, 0.25) is 10.0 Å². The van der Waals surface area contributed by atoms with Gasteiger partial charge in [-0.3, -0.25) is 4.79 Å². The monoisotopic (exact) mass is 417 g/mol. The maximum absolute atomic E-state index is 12.8. The highest BCUT2D eigenvalue weighted by Crippen LogP contribution is 2.34. The fourth-order valence-corrected chi connectivity index (χ4v) is 5.74. The maximum atomic E-state index is 12.8. The third kappa shape index (κ3) is 4.93. The van der Waals surface area contributed by atoms with E-state index in [1.165, 1.54) is 4.31 Å². The van der Waals surface area contributed by atoms with Gasteiger partial charge in [0, 0.05) is 31.3 Å². The van der Waals surface area contributed by atoms with Crippen LogP contribution in [0.3, 0.4) is 0 Å². The van der Waals surface area contributed by atoms with Gasteiger partial charge < -0.3 is 14.6 Å². The van der Waals surface area contributed by atoms with Crippen molar-refractivity contribution >= 4 is 27.6 Å². The standard InChI is InChI=1S/C18H24ClNO6S/c19-14-1-3-15(4-2-14)26-16-5-9-20(10-6-16)27(23,24)13-18(17(21)22)7-11-25-12-8-18/h1-4,16H,5-13H2,(H,21,22). The minimum Gasteiger partial charge on any atom is -0.490 e. The number of sulfonamides is 1. The van der Waals surface area contributed by atoms with Gasteiger partial charge in [0.15, 0.2) is 0 Å². The van der Waals surface area contributed by atoms with Crippen LogP contribution in [0.25, 0.3) is 0 Å². The van der Waals surface area contributed by atoms with Gasteiger partial charge in [-0.15, -0.1) is 0 Å². The van der Waals surface area contributed by atoms with Crippen molar-refractivity contribution in [3.05, 3.63) is 29.3 Å². The lowest BCUT2D eigenvalue weighted by molar-refractivity contribution is -0.152. The second-order valence-electron chi connectivity index (χ2n) is 7.12. The van der Waals surface area contributed by atoms with Gasteiger partial charge in [0.05, 0.1) is 11.2 Å². The summed E-state index contributed by atoms with van der Waals surface area (Å²) in [6, 6.07) is 7.06. The molecular formula is C18H24ClNO6S. The Hall–Kier alpha value is -1.35. The molecule has 0 bridgehead atoms. The fourth-order valence-electron chi connectivity index (χ4n) is 3.56. The molecule has 150 valence electrons. The summed E-state index contributed by atoms with van der Waals surface area (Å²) in [6.07, 6.45) is 1.49. The number of carboxylic acid groups (broad SMARTS) is 1. The number of hydrogen-bond acceptors (Lipinski definition) is 5. The van der Waals surface area contributed by atoms with E-state index in [0.29, 0.717) is 36.7 Å². The van der Waals surface area contributed by atoms with Gasteiger partial charge in [0.1, 0.15) is 11.9 Å². The van der Waals surface area contributed by atoms with E-state index in [4.69, 9.17) is 21.1 Å². The summed E-state index contributed by atoms with van der Waals surface area (Å²) in [4.78, 5) is 11.7. The lowest BCUT2D eigenvalue weighted by Crippen LogP contribution is -2.49. The molecule has 0 amide bonds. The van der Waals surface area contributed by atoms with E-state index in [-0.39, 0.29) is 37.9 Å². The predicted molar refractivity (Wildman–Crippen MR) is 101 cm³/mol. The lowest BCUT2D eigenvalue weighted by Gasteiger charge is -2.36. The molecule has 1 aromatic carbocycles. The lowest BCUT2D eigenvalue weighted by atomic mass is 9.82. The number of carbonyl (C=O) groups is 1. The zero-order valence-electron chi connectivity index (χ0n) is 15.0. The van der Waals surface area contributed by atoms with Gasteiger partial charge in [-0.05, 0) is 49.9 Å². The Bertz CT molecular complexity index is 753. The normalized spacial score (nSPS) is 21.7. The highest BCUT2D eigenvalue weighted by molar-refractivity contribution is 7.89. The molecule has 0 aromatic heterocycles. The molecule has 0 saturated carbocycles. The molecule has 0 atom stereocenters. The SMILES string of the molecule is O=C(O)C1(CS(=O)(=O)N2CCC(Oc3ccc(Cl)cc3)CC2)CCOCC1. The number of benzene rings is 1. The molecule has 2 heterocycles. The Morgan fingerprint density at radius 2 is 1.81 bits per heavy atom. The zero-order chi connectivity index (χ0) is 19.5. The van der Waals surface area contributed by atoms with E-state index in [0.717, 1.165) is 0 Å². The number of rotatable bonds is 6. The quantitative estimate of drug-likeness (QED) is 0.763. The number of carboxylic acids is 1.